The van der Waals surface area contributed by atoms with Crippen LogP contribution in [0.1, 0.15) is 16.7 Å². The second kappa shape index (κ2) is 5.21. The van der Waals surface area contributed by atoms with Crippen LogP contribution in [0, 0.1) is 5.82 Å². The molecule has 0 radical (unpaired) electrons. The van der Waals surface area contributed by atoms with Crippen LogP contribution in [0.25, 0.3) is 0 Å². The van der Waals surface area contributed by atoms with Gasteiger partial charge in [-0.15, -0.1) is 0 Å². The lowest BCUT2D eigenvalue weighted by molar-refractivity contribution is 0.624. The van der Waals surface area contributed by atoms with Gasteiger partial charge in [0.2, 0.25) is 0 Å². The Kier molecular flexibility index (Phi) is 3.40. The van der Waals surface area contributed by atoms with Gasteiger partial charge >= 0.3 is 0 Å². The Labute approximate surface area is 123 Å². The number of anilines is 1. The van der Waals surface area contributed by atoms with Crippen LogP contribution in [0.5, 0.6) is 0 Å². The van der Waals surface area contributed by atoms with Crippen LogP contribution in [-0.4, -0.2) is 11.5 Å². The highest BCUT2D eigenvalue weighted by Crippen LogP contribution is 2.29. The van der Waals surface area contributed by atoms with Gasteiger partial charge < -0.3 is 10.6 Å². The fourth-order valence-corrected chi connectivity index (χ4v) is 2.91. The number of para-hydroxylation sites is 1. The average molecular weight is 286 g/mol. The first-order valence-corrected chi connectivity index (χ1v) is 6.97. The Bertz CT molecular complexity index is 669. The van der Waals surface area contributed by atoms with Gasteiger partial charge in [0.1, 0.15) is 10.8 Å². The lowest BCUT2D eigenvalue weighted by atomic mass is 10.1. The number of nitrogens with zero attached hydrogens (tertiary/aromatic N) is 1. The maximum Gasteiger partial charge on any atom is 0.123 e. The Balaban J connectivity index is 1.93. The van der Waals surface area contributed by atoms with Crippen LogP contribution in [0.15, 0.2) is 42.5 Å². The third-order valence-corrected chi connectivity index (χ3v) is 3.90. The molecule has 0 atom stereocenters. The molecule has 1 heterocycles. The molecule has 4 heteroatoms. The Morgan fingerprint density at radius 3 is 2.85 bits per heavy atom. The molecule has 1 aliphatic rings. The van der Waals surface area contributed by atoms with Crippen molar-refractivity contribution in [3.63, 3.8) is 0 Å². The van der Waals surface area contributed by atoms with Crippen LogP contribution in [0.3, 0.4) is 0 Å². The third kappa shape index (κ3) is 2.39. The summed E-state index contributed by atoms with van der Waals surface area (Å²) in [5, 5.41) is 0. The molecule has 0 amide bonds. The van der Waals surface area contributed by atoms with Gasteiger partial charge in [0.15, 0.2) is 0 Å². The first-order chi connectivity index (χ1) is 9.65. The number of thiocarbonyl (C=S) groups is 1. The van der Waals surface area contributed by atoms with Gasteiger partial charge in [-0.3, -0.25) is 0 Å². The summed E-state index contributed by atoms with van der Waals surface area (Å²) in [5.41, 5.74) is 9.87. The van der Waals surface area contributed by atoms with E-state index in [0.29, 0.717) is 11.5 Å². The summed E-state index contributed by atoms with van der Waals surface area (Å²) in [7, 11) is 0. The van der Waals surface area contributed by atoms with E-state index in [9.17, 15) is 4.39 Å². The van der Waals surface area contributed by atoms with E-state index in [1.54, 1.807) is 6.07 Å². The molecule has 20 heavy (non-hydrogen) atoms. The summed E-state index contributed by atoms with van der Waals surface area (Å²) < 4.78 is 13.5. The minimum atomic E-state index is -0.257. The molecule has 0 fully saturated rings. The minimum Gasteiger partial charge on any atom is -0.389 e. The number of rotatable bonds is 3. The molecule has 3 rings (SSSR count). The summed E-state index contributed by atoms with van der Waals surface area (Å²) in [5.74, 6) is -0.257. The van der Waals surface area contributed by atoms with E-state index in [4.69, 9.17) is 18.0 Å². The molecule has 2 aromatic carbocycles. The van der Waals surface area contributed by atoms with Crippen molar-refractivity contribution in [2.75, 3.05) is 11.4 Å². The zero-order chi connectivity index (χ0) is 14.1. The average Bonchev–Trinajstić information content (AvgIpc) is 2.82. The smallest absolute Gasteiger partial charge is 0.123 e. The van der Waals surface area contributed by atoms with E-state index in [1.165, 1.54) is 23.4 Å². The molecular formula is C16H15FN2S. The standard InChI is InChI=1S/C16H15FN2S/c17-13-5-6-14(16(18)20)12(9-13)10-19-8-7-11-3-1-2-4-15(11)19/h1-6,9H,7-8,10H2,(H2,18,20). The minimum absolute atomic E-state index is 0.257. The number of hydrogen-bond donors (Lipinski definition) is 1. The Morgan fingerprint density at radius 1 is 1.25 bits per heavy atom. The van der Waals surface area contributed by atoms with Gasteiger partial charge in [-0.25, -0.2) is 4.39 Å². The molecule has 0 bridgehead atoms. The fourth-order valence-electron chi connectivity index (χ4n) is 2.71. The molecule has 0 spiro atoms. The number of nitrogens with two attached hydrogens (primary N) is 1. The van der Waals surface area contributed by atoms with Crippen molar-refractivity contribution in [2.24, 2.45) is 5.73 Å². The van der Waals surface area contributed by atoms with Crippen LogP contribution in [0.4, 0.5) is 10.1 Å². The molecule has 2 N–H and O–H groups in total. The first kappa shape index (κ1) is 13.1. The summed E-state index contributed by atoms with van der Waals surface area (Å²) in [6.07, 6.45) is 1.02. The van der Waals surface area contributed by atoms with E-state index in [1.807, 2.05) is 12.1 Å². The number of benzene rings is 2. The van der Waals surface area contributed by atoms with Crippen molar-refractivity contribution in [3.05, 3.63) is 65.0 Å². The number of halogens is 1. The normalized spacial score (nSPS) is 13.3. The van der Waals surface area contributed by atoms with Crippen LogP contribution < -0.4 is 10.6 Å². The Morgan fingerprint density at radius 2 is 2.05 bits per heavy atom. The SMILES string of the molecule is NC(=S)c1ccc(F)cc1CN1CCc2ccccc21. The van der Waals surface area contributed by atoms with Crippen molar-refractivity contribution >= 4 is 22.9 Å². The van der Waals surface area contributed by atoms with Crippen LogP contribution >= 0.6 is 12.2 Å². The summed E-state index contributed by atoms with van der Waals surface area (Å²) in [6, 6.07) is 12.9. The topological polar surface area (TPSA) is 29.3 Å². The quantitative estimate of drug-likeness (QED) is 0.879. The summed E-state index contributed by atoms with van der Waals surface area (Å²) in [6.45, 7) is 1.56. The summed E-state index contributed by atoms with van der Waals surface area (Å²) >= 11 is 5.05. The van der Waals surface area contributed by atoms with Crippen molar-refractivity contribution < 1.29 is 4.39 Å². The lowest BCUT2D eigenvalue weighted by Gasteiger charge is -2.21. The monoisotopic (exact) mass is 286 g/mol. The molecule has 0 saturated heterocycles. The van der Waals surface area contributed by atoms with Gasteiger partial charge in [0.05, 0.1) is 0 Å². The van der Waals surface area contributed by atoms with Crippen LogP contribution in [-0.2, 0) is 13.0 Å². The maximum absolute atomic E-state index is 13.5. The predicted molar refractivity (Wildman–Crippen MR) is 83.5 cm³/mol. The van der Waals surface area contributed by atoms with Crippen molar-refractivity contribution in [3.8, 4) is 0 Å². The largest absolute Gasteiger partial charge is 0.389 e. The molecule has 1 aliphatic heterocycles. The number of hydrogen-bond acceptors (Lipinski definition) is 2. The zero-order valence-electron chi connectivity index (χ0n) is 11.0. The van der Waals surface area contributed by atoms with Gasteiger partial charge in [-0.1, -0.05) is 30.4 Å². The first-order valence-electron chi connectivity index (χ1n) is 6.56. The van der Waals surface area contributed by atoms with Gasteiger partial charge in [-0.05, 0) is 41.8 Å². The second-order valence-electron chi connectivity index (χ2n) is 4.97. The maximum atomic E-state index is 13.5. The van der Waals surface area contributed by atoms with Gasteiger partial charge in [0, 0.05) is 24.3 Å². The second-order valence-corrected chi connectivity index (χ2v) is 5.41. The fraction of sp³-hybridized carbons (Fsp3) is 0.188. The highest BCUT2D eigenvalue weighted by Gasteiger charge is 2.19. The van der Waals surface area contributed by atoms with Crippen molar-refractivity contribution in [2.45, 2.75) is 13.0 Å². The number of fused-ring (bicyclic) bond motifs is 1. The highest BCUT2D eigenvalue weighted by atomic mass is 32.1. The van der Waals surface area contributed by atoms with E-state index < -0.39 is 0 Å². The predicted octanol–water partition coefficient (Wildman–Crippen LogP) is 3.02. The van der Waals surface area contributed by atoms with Crippen molar-refractivity contribution in [1.29, 1.82) is 0 Å². The molecule has 0 unspecified atom stereocenters. The molecule has 0 aromatic heterocycles. The molecule has 0 aliphatic carbocycles. The molecular weight excluding hydrogens is 271 g/mol. The van der Waals surface area contributed by atoms with Crippen LogP contribution in [0.2, 0.25) is 0 Å². The molecule has 2 nitrogen and oxygen atoms in total. The van der Waals surface area contributed by atoms with E-state index in [0.717, 1.165) is 24.1 Å². The zero-order valence-corrected chi connectivity index (χ0v) is 11.8. The molecule has 0 saturated carbocycles. The van der Waals surface area contributed by atoms with Gasteiger partial charge in [-0.2, -0.15) is 0 Å². The lowest BCUT2D eigenvalue weighted by Crippen LogP contribution is -2.22. The van der Waals surface area contributed by atoms with E-state index in [-0.39, 0.29) is 5.82 Å². The highest BCUT2D eigenvalue weighted by molar-refractivity contribution is 7.80. The van der Waals surface area contributed by atoms with E-state index in [2.05, 4.69) is 17.0 Å². The Hall–Kier alpha value is -1.94. The molecule has 102 valence electrons. The third-order valence-electron chi connectivity index (χ3n) is 3.68. The van der Waals surface area contributed by atoms with Gasteiger partial charge in [0.25, 0.3) is 0 Å². The molecule has 2 aromatic rings. The van der Waals surface area contributed by atoms with E-state index >= 15 is 0 Å². The van der Waals surface area contributed by atoms with Crippen molar-refractivity contribution in [1.82, 2.24) is 0 Å². The summed E-state index contributed by atoms with van der Waals surface area (Å²) in [4.78, 5) is 2.55.